The van der Waals surface area contributed by atoms with Crippen LogP contribution in [0.3, 0.4) is 0 Å². The van der Waals surface area contributed by atoms with E-state index in [9.17, 15) is 31.5 Å². The molecule has 2 aliphatic heterocycles. The Morgan fingerprint density at radius 3 is 2.63 bits per heavy atom. The van der Waals surface area contributed by atoms with Crippen molar-refractivity contribution in [2.75, 3.05) is 13.1 Å². The summed E-state index contributed by atoms with van der Waals surface area (Å²) in [7, 11) is 0. The van der Waals surface area contributed by atoms with Crippen molar-refractivity contribution in [3.8, 4) is 11.6 Å². The molecule has 1 aromatic rings. The molecular formula is C18H20F5N3O4. The third-order valence-electron chi connectivity index (χ3n) is 4.95. The van der Waals surface area contributed by atoms with E-state index in [2.05, 4.69) is 9.72 Å². The van der Waals surface area contributed by atoms with Crippen LogP contribution in [0, 0.1) is 0 Å². The fourth-order valence-electron chi connectivity index (χ4n) is 3.80. The van der Waals surface area contributed by atoms with Crippen LogP contribution in [-0.4, -0.2) is 64.2 Å². The van der Waals surface area contributed by atoms with Gasteiger partial charge in [-0.2, -0.15) is 0 Å². The number of alkyl halides is 5. The number of halogens is 5. The minimum absolute atomic E-state index is 0.139. The third-order valence-corrected chi connectivity index (χ3v) is 4.95. The number of carbonyl (C=O) groups excluding carboxylic acids is 2. The van der Waals surface area contributed by atoms with Gasteiger partial charge < -0.3 is 14.4 Å². The molecule has 0 radical (unpaired) electrons. The zero-order valence-corrected chi connectivity index (χ0v) is 16.0. The van der Waals surface area contributed by atoms with Crippen LogP contribution in [0.4, 0.5) is 26.7 Å². The molecule has 2 aliphatic rings. The van der Waals surface area contributed by atoms with Crippen molar-refractivity contribution in [3.63, 3.8) is 0 Å². The Balaban J connectivity index is 1.68. The molecule has 166 valence electrons. The number of amides is 2. The summed E-state index contributed by atoms with van der Waals surface area (Å²) >= 11 is 0. The predicted octanol–water partition coefficient (Wildman–Crippen LogP) is 3.59. The second-order valence-corrected chi connectivity index (χ2v) is 7.38. The zero-order valence-electron chi connectivity index (χ0n) is 16.0. The first-order chi connectivity index (χ1) is 13.9. The highest BCUT2D eigenvalue weighted by Gasteiger charge is 2.47. The fourth-order valence-corrected chi connectivity index (χ4v) is 3.80. The smallest absolute Gasteiger partial charge is 0.404 e. The number of rotatable bonds is 3. The highest BCUT2D eigenvalue weighted by atomic mass is 19.4. The molecule has 2 atom stereocenters. The van der Waals surface area contributed by atoms with Crippen molar-refractivity contribution in [2.24, 2.45) is 0 Å². The Kier molecular flexibility index (Phi) is 6.04. The van der Waals surface area contributed by atoms with Gasteiger partial charge in [-0.1, -0.05) is 0 Å². The Morgan fingerprint density at radius 1 is 1.30 bits per heavy atom. The van der Waals surface area contributed by atoms with Gasteiger partial charge in [0.25, 0.3) is 5.92 Å². The highest BCUT2D eigenvalue weighted by Crippen LogP contribution is 2.33. The molecule has 12 heteroatoms. The molecule has 1 unspecified atom stereocenters. The highest BCUT2D eigenvalue weighted by molar-refractivity contribution is 5.78. The van der Waals surface area contributed by atoms with Crippen molar-refractivity contribution in [1.29, 1.82) is 0 Å². The van der Waals surface area contributed by atoms with Gasteiger partial charge in [0.05, 0.1) is 18.8 Å². The van der Waals surface area contributed by atoms with Crippen LogP contribution >= 0.6 is 0 Å². The average molecular weight is 437 g/mol. The summed E-state index contributed by atoms with van der Waals surface area (Å²) in [6, 6.07) is 0.755. The van der Waals surface area contributed by atoms with E-state index in [1.54, 1.807) is 6.92 Å². The molecule has 1 aromatic heterocycles. The second-order valence-electron chi connectivity index (χ2n) is 7.38. The number of nitrogens with zero attached hydrogens (tertiary/aromatic N) is 3. The zero-order chi connectivity index (χ0) is 22.1. The first kappa shape index (κ1) is 22.0. The van der Waals surface area contributed by atoms with Crippen LogP contribution < -0.4 is 9.47 Å². The molecule has 7 nitrogen and oxygen atoms in total. The van der Waals surface area contributed by atoms with Crippen LogP contribution in [0.2, 0.25) is 0 Å². The van der Waals surface area contributed by atoms with E-state index in [0.29, 0.717) is 19.0 Å². The monoisotopic (exact) mass is 437 g/mol. The van der Waals surface area contributed by atoms with Crippen molar-refractivity contribution in [2.45, 2.75) is 57.0 Å². The van der Waals surface area contributed by atoms with Gasteiger partial charge >= 0.3 is 12.5 Å². The lowest BCUT2D eigenvalue weighted by Gasteiger charge is -2.45. The lowest BCUT2D eigenvalue weighted by atomic mass is 9.94. The molecule has 3 rings (SSSR count). The first-order valence-corrected chi connectivity index (χ1v) is 9.31. The van der Waals surface area contributed by atoms with E-state index in [-0.39, 0.29) is 30.8 Å². The van der Waals surface area contributed by atoms with Gasteiger partial charge in [0.2, 0.25) is 11.8 Å². The number of carbonyl (C=O) groups is 2. The molecule has 3 heterocycles. The van der Waals surface area contributed by atoms with Gasteiger partial charge in [-0.15, -0.1) is 13.2 Å². The van der Waals surface area contributed by atoms with E-state index in [1.807, 2.05) is 0 Å². The van der Waals surface area contributed by atoms with Crippen LogP contribution in [0.15, 0.2) is 18.3 Å². The molecule has 0 spiro atoms. The van der Waals surface area contributed by atoms with Crippen LogP contribution in [0.1, 0.15) is 32.6 Å². The normalized spacial score (nSPS) is 24.5. The maximum absolute atomic E-state index is 14.3. The summed E-state index contributed by atoms with van der Waals surface area (Å²) in [6.07, 6.45) is -4.26. The van der Waals surface area contributed by atoms with Gasteiger partial charge in [-0.25, -0.2) is 18.6 Å². The summed E-state index contributed by atoms with van der Waals surface area (Å²) < 4.78 is 73.7. The van der Waals surface area contributed by atoms with Crippen LogP contribution in [0.25, 0.3) is 0 Å². The van der Waals surface area contributed by atoms with E-state index in [0.717, 1.165) is 17.0 Å². The summed E-state index contributed by atoms with van der Waals surface area (Å²) in [5.41, 5.74) is 0. The molecule has 0 N–H and O–H groups in total. The molecule has 2 saturated heterocycles. The van der Waals surface area contributed by atoms with Crippen molar-refractivity contribution in [1.82, 2.24) is 14.8 Å². The summed E-state index contributed by atoms with van der Waals surface area (Å²) in [5, 5.41) is 0. The van der Waals surface area contributed by atoms with E-state index < -0.39 is 43.1 Å². The quantitative estimate of drug-likeness (QED) is 0.676. The lowest BCUT2D eigenvalue weighted by molar-refractivity contribution is -0.274. The standard InChI is InChI=1S/C18H20F5N3O4/c1-11-3-2-4-15(27)26(11)12-7-17(19,20)10-25(9-12)16(28)29-14-6-5-13(8-24-14)30-18(21,22)23/h5-6,8,11-12H,2-4,7,9-10H2,1H3/t11?,12-/m1/s1. The molecule has 0 bridgehead atoms. The van der Waals surface area contributed by atoms with Gasteiger partial charge in [0.1, 0.15) is 5.75 Å². The Morgan fingerprint density at radius 2 is 2.03 bits per heavy atom. The predicted molar refractivity (Wildman–Crippen MR) is 92.0 cm³/mol. The largest absolute Gasteiger partial charge is 0.573 e. The SMILES string of the molecule is CC1CCCC(=O)N1[C@H]1CN(C(=O)Oc2ccc(OC(F)(F)F)cn2)CC(F)(F)C1. The average Bonchev–Trinajstić information content (AvgIpc) is 2.60. The Labute approximate surface area is 168 Å². The first-order valence-electron chi connectivity index (χ1n) is 9.31. The fraction of sp³-hybridized carbons (Fsp3) is 0.611. The molecule has 0 aromatic carbocycles. The van der Waals surface area contributed by atoms with Crippen LogP contribution in [-0.2, 0) is 4.79 Å². The lowest BCUT2D eigenvalue weighted by Crippen LogP contribution is -2.60. The summed E-state index contributed by atoms with van der Waals surface area (Å²) in [4.78, 5) is 30.4. The third kappa shape index (κ3) is 5.48. The molecule has 0 saturated carbocycles. The minimum Gasteiger partial charge on any atom is -0.404 e. The minimum atomic E-state index is -4.91. The number of piperidine rings is 2. The van der Waals surface area contributed by atoms with Gasteiger partial charge in [0.15, 0.2) is 0 Å². The van der Waals surface area contributed by atoms with E-state index in [1.165, 1.54) is 4.90 Å². The summed E-state index contributed by atoms with van der Waals surface area (Å²) in [5.74, 6) is -4.45. The van der Waals surface area contributed by atoms with E-state index >= 15 is 0 Å². The summed E-state index contributed by atoms with van der Waals surface area (Å²) in [6.45, 7) is 0.745. The molecule has 30 heavy (non-hydrogen) atoms. The molecule has 0 aliphatic carbocycles. The van der Waals surface area contributed by atoms with Crippen molar-refractivity contribution < 1.29 is 41.0 Å². The number of aromatic nitrogens is 1. The molecule has 2 fully saturated rings. The Hall–Kier alpha value is -2.66. The molecule has 2 amide bonds. The van der Waals surface area contributed by atoms with E-state index in [4.69, 9.17) is 4.74 Å². The van der Waals surface area contributed by atoms with Gasteiger partial charge in [-0.3, -0.25) is 9.69 Å². The van der Waals surface area contributed by atoms with Gasteiger partial charge in [-0.05, 0) is 25.8 Å². The van der Waals surface area contributed by atoms with Crippen molar-refractivity contribution in [3.05, 3.63) is 18.3 Å². The topological polar surface area (TPSA) is 72.0 Å². The number of hydrogen-bond donors (Lipinski definition) is 0. The number of ether oxygens (including phenoxy) is 2. The maximum atomic E-state index is 14.3. The number of likely N-dealkylation sites (tertiary alicyclic amines) is 2. The second kappa shape index (κ2) is 8.23. The number of pyridine rings is 1. The van der Waals surface area contributed by atoms with Gasteiger partial charge in [0, 0.05) is 31.5 Å². The van der Waals surface area contributed by atoms with Crippen LogP contribution in [0.5, 0.6) is 11.6 Å². The van der Waals surface area contributed by atoms with Crippen molar-refractivity contribution >= 4 is 12.0 Å². The Bertz CT molecular complexity index is 787. The molecular weight excluding hydrogens is 417 g/mol. The maximum Gasteiger partial charge on any atom is 0.573 e. The number of hydrogen-bond acceptors (Lipinski definition) is 5.